The number of ether oxygens (including phenoxy) is 2. The van der Waals surface area contributed by atoms with Gasteiger partial charge in [0.2, 0.25) is 0 Å². The minimum Gasteiger partial charge on any atom is -0.452 e. The minimum absolute atomic E-state index is 0.411. The summed E-state index contributed by atoms with van der Waals surface area (Å²) >= 11 is 0. The molecule has 0 amide bonds. The highest BCUT2D eigenvalue weighted by Crippen LogP contribution is 2.27. The summed E-state index contributed by atoms with van der Waals surface area (Å²) < 4.78 is 18.0. The standard InChI is InChI=1S/C20H26O3Si/c1-4-10-17(11-5-1)22-20(23-18-12-6-2-7-13-18)16-21-24-19-14-8-3-9-15-19/h1-2,4-7,10-13,19-20H,3,8-9,14-16,24H2. The Kier molecular flexibility index (Phi) is 6.75. The van der Waals surface area contributed by atoms with Crippen LogP contribution in [-0.2, 0) is 4.43 Å². The first kappa shape index (κ1) is 17.1. The molecule has 2 aromatic carbocycles. The Balaban J connectivity index is 1.54. The lowest BCUT2D eigenvalue weighted by Crippen LogP contribution is -2.31. The van der Waals surface area contributed by atoms with Gasteiger partial charge in [-0.2, -0.15) is 0 Å². The first-order valence-corrected chi connectivity index (χ1v) is 10.3. The summed E-state index contributed by atoms with van der Waals surface area (Å²) in [4.78, 5) is 0. The normalized spacial score (nSPS) is 15.9. The molecule has 0 N–H and O–H groups in total. The van der Waals surface area contributed by atoms with Gasteiger partial charge in [-0.05, 0) is 29.8 Å². The lowest BCUT2D eigenvalue weighted by molar-refractivity contribution is -0.0277. The quantitative estimate of drug-likeness (QED) is 0.528. The number of rotatable bonds is 8. The molecule has 0 saturated heterocycles. The van der Waals surface area contributed by atoms with E-state index in [4.69, 9.17) is 13.9 Å². The molecule has 2 aromatic rings. The molecule has 3 rings (SSSR count). The number of hydrogen-bond donors (Lipinski definition) is 0. The molecule has 0 unspecified atom stereocenters. The van der Waals surface area contributed by atoms with E-state index >= 15 is 0 Å². The molecule has 1 saturated carbocycles. The van der Waals surface area contributed by atoms with E-state index < -0.39 is 16.1 Å². The maximum absolute atomic E-state index is 6.07. The fourth-order valence-electron chi connectivity index (χ4n) is 3.08. The second-order valence-electron chi connectivity index (χ2n) is 6.33. The molecule has 128 valence electrons. The Morgan fingerprint density at radius 3 is 1.88 bits per heavy atom. The summed E-state index contributed by atoms with van der Waals surface area (Å²) in [6, 6.07) is 19.6. The van der Waals surface area contributed by atoms with Crippen LogP contribution in [0.3, 0.4) is 0 Å². The number of para-hydroxylation sites is 2. The van der Waals surface area contributed by atoms with E-state index in [-0.39, 0.29) is 0 Å². The van der Waals surface area contributed by atoms with Crippen LogP contribution in [0.15, 0.2) is 60.7 Å². The molecule has 24 heavy (non-hydrogen) atoms. The van der Waals surface area contributed by atoms with Gasteiger partial charge in [-0.25, -0.2) is 0 Å². The van der Waals surface area contributed by atoms with Gasteiger partial charge in [-0.3, -0.25) is 0 Å². The van der Waals surface area contributed by atoms with Crippen molar-refractivity contribution in [3.63, 3.8) is 0 Å². The van der Waals surface area contributed by atoms with Crippen molar-refractivity contribution in [1.29, 1.82) is 0 Å². The Morgan fingerprint density at radius 2 is 1.33 bits per heavy atom. The van der Waals surface area contributed by atoms with Gasteiger partial charge in [0.25, 0.3) is 6.29 Å². The smallest absolute Gasteiger partial charge is 0.262 e. The number of hydrogen-bond acceptors (Lipinski definition) is 3. The van der Waals surface area contributed by atoms with E-state index in [0.29, 0.717) is 6.61 Å². The van der Waals surface area contributed by atoms with Gasteiger partial charge in [0, 0.05) is 0 Å². The van der Waals surface area contributed by atoms with Crippen molar-refractivity contribution in [1.82, 2.24) is 0 Å². The van der Waals surface area contributed by atoms with Crippen LogP contribution in [-0.4, -0.2) is 22.7 Å². The Morgan fingerprint density at radius 1 is 0.792 bits per heavy atom. The molecule has 0 bridgehead atoms. The highest BCUT2D eigenvalue weighted by molar-refractivity contribution is 6.29. The average Bonchev–Trinajstić information content (AvgIpc) is 2.64. The second-order valence-corrected chi connectivity index (χ2v) is 8.23. The van der Waals surface area contributed by atoms with Crippen molar-refractivity contribution < 1.29 is 13.9 Å². The zero-order valence-corrected chi connectivity index (χ0v) is 15.5. The summed E-state index contributed by atoms with van der Waals surface area (Å²) in [6.07, 6.45) is 6.40. The van der Waals surface area contributed by atoms with Gasteiger partial charge < -0.3 is 13.9 Å². The van der Waals surface area contributed by atoms with Gasteiger partial charge in [0.15, 0.2) is 9.76 Å². The first-order chi connectivity index (χ1) is 11.9. The monoisotopic (exact) mass is 342 g/mol. The molecule has 0 heterocycles. The van der Waals surface area contributed by atoms with Crippen molar-refractivity contribution in [2.24, 2.45) is 0 Å². The highest BCUT2D eigenvalue weighted by atomic mass is 28.2. The van der Waals surface area contributed by atoms with Crippen LogP contribution in [0, 0.1) is 0 Å². The van der Waals surface area contributed by atoms with Crippen LogP contribution in [0.25, 0.3) is 0 Å². The van der Waals surface area contributed by atoms with Crippen LogP contribution in [0.4, 0.5) is 0 Å². The van der Waals surface area contributed by atoms with E-state index in [2.05, 4.69) is 0 Å². The third-order valence-electron chi connectivity index (χ3n) is 4.35. The molecule has 0 spiro atoms. The summed E-state index contributed by atoms with van der Waals surface area (Å²) in [5.74, 6) is 1.61. The highest BCUT2D eigenvalue weighted by Gasteiger charge is 2.17. The zero-order chi connectivity index (χ0) is 16.5. The third-order valence-corrected chi connectivity index (χ3v) is 6.11. The van der Waals surface area contributed by atoms with Crippen LogP contribution in [0.2, 0.25) is 5.54 Å². The summed E-state index contributed by atoms with van der Waals surface area (Å²) in [5, 5.41) is 0. The van der Waals surface area contributed by atoms with Crippen molar-refractivity contribution in [3.05, 3.63) is 60.7 Å². The number of benzene rings is 2. The molecule has 0 atom stereocenters. The van der Waals surface area contributed by atoms with Gasteiger partial charge in [0.05, 0.1) is 0 Å². The van der Waals surface area contributed by atoms with E-state index in [9.17, 15) is 0 Å². The fraction of sp³-hybridized carbons (Fsp3) is 0.400. The molecule has 0 radical (unpaired) electrons. The van der Waals surface area contributed by atoms with Crippen LogP contribution in [0.5, 0.6) is 11.5 Å². The summed E-state index contributed by atoms with van der Waals surface area (Å²) in [6.45, 7) is 0.493. The van der Waals surface area contributed by atoms with Gasteiger partial charge in [-0.15, -0.1) is 0 Å². The van der Waals surface area contributed by atoms with Gasteiger partial charge in [0.1, 0.15) is 18.1 Å². The molecule has 1 aliphatic rings. The van der Waals surface area contributed by atoms with Crippen LogP contribution < -0.4 is 9.47 Å². The van der Waals surface area contributed by atoms with Gasteiger partial charge >= 0.3 is 0 Å². The minimum atomic E-state index is -0.516. The van der Waals surface area contributed by atoms with Crippen LogP contribution >= 0.6 is 0 Å². The predicted octanol–water partition coefficient (Wildman–Crippen LogP) is 4.32. The van der Waals surface area contributed by atoms with Gasteiger partial charge in [-0.1, -0.05) is 68.5 Å². The molecular weight excluding hydrogens is 316 g/mol. The van der Waals surface area contributed by atoms with E-state index in [1.54, 1.807) is 0 Å². The molecule has 3 nitrogen and oxygen atoms in total. The van der Waals surface area contributed by atoms with E-state index in [1.165, 1.54) is 32.1 Å². The van der Waals surface area contributed by atoms with Crippen molar-refractivity contribution >= 4 is 9.76 Å². The maximum atomic E-state index is 6.07. The molecule has 1 aliphatic carbocycles. The Labute approximate surface area is 146 Å². The fourth-order valence-corrected chi connectivity index (χ4v) is 4.65. The molecule has 0 aliphatic heterocycles. The predicted molar refractivity (Wildman–Crippen MR) is 99.3 cm³/mol. The second kappa shape index (κ2) is 9.50. The molecular formula is C20H26O3Si. The van der Waals surface area contributed by atoms with Crippen LogP contribution in [0.1, 0.15) is 32.1 Å². The summed E-state index contributed by atoms with van der Waals surface area (Å²) in [7, 11) is -0.516. The topological polar surface area (TPSA) is 27.7 Å². The van der Waals surface area contributed by atoms with Crippen molar-refractivity contribution in [2.75, 3.05) is 6.61 Å². The molecule has 4 heteroatoms. The Bertz CT molecular complexity index is 528. The third kappa shape index (κ3) is 5.69. The average molecular weight is 343 g/mol. The largest absolute Gasteiger partial charge is 0.452 e. The summed E-state index contributed by atoms with van der Waals surface area (Å²) in [5.41, 5.74) is 0.827. The van der Waals surface area contributed by atoms with E-state index in [1.807, 2.05) is 60.7 Å². The maximum Gasteiger partial charge on any atom is 0.262 e. The Hall–Kier alpha value is -1.78. The lowest BCUT2D eigenvalue weighted by Gasteiger charge is -2.24. The first-order valence-electron chi connectivity index (χ1n) is 8.91. The molecule has 0 aromatic heterocycles. The van der Waals surface area contributed by atoms with E-state index in [0.717, 1.165) is 17.0 Å². The zero-order valence-electron chi connectivity index (χ0n) is 14.1. The lowest BCUT2D eigenvalue weighted by atomic mass is 10.0. The SMILES string of the molecule is c1ccc(OC(CO[SiH2]C2CCCCC2)Oc2ccccc2)cc1. The molecule has 1 fully saturated rings. The van der Waals surface area contributed by atoms with Crippen molar-refractivity contribution in [2.45, 2.75) is 43.9 Å². The van der Waals surface area contributed by atoms with Crippen molar-refractivity contribution in [3.8, 4) is 11.5 Å².